The van der Waals surface area contributed by atoms with E-state index in [2.05, 4.69) is 31.3 Å². The predicted molar refractivity (Wildman–Crippen MR) is 82.8 cm³/mol. The van der Waals surface area contributed by atoms with Crippen LogP contribution in [-0.4, -0.2) is 14.7 Å². The van der Waals surface area contributed by atoms with E-state index in [1.165, 1.54) is 22.9 Å². The van der Waals surface area contributed by atoms with Crippen LogP contribution in [0.15, 0.2) is 47.4 Å². The highest BCUT2D eigenvalue weighted by Gasteiger charge is 2.12. The van der Waals surface area contributed by atoms with Crippen molar-refractivity contribution in [2.24, 2.45) is 0 Å². The van der Waals surface area contributed by atoms with E-state index in [1.54, 1.807) is 18.2 Å². The number of sulfone groups is 1. The molecular formula is C16H19NO2S. The maximum absolute atomic E-state index is 11.8. The quantitative estimate of drug-likeness (QED) is 0.939. The number of benzene rings is 2. The molecule has 0 unspecified atom stereocenters. The second kappa shape index (κ2) is 5.67. The summed E-state index contributed by atoms with van der Waals surface area (Å²) in [5.41, 5.74) is 4.26. The molecule has 1 N–H and O–H groups in total. The molecule has 2 rings (SSSR count). The third-order valence-electron chi connectivity index (χ3n) is 3.39. The van der Waals surface area contributed by atoms with Gasteiger partial charge < -0.3 is 5.32 Å². The fraction of sp³-hybridized carbons (Fsp3) is 0.250. The van der Waals surface area contributed by atoms with E-state index in [1.807, 2.05) is 12.1 Å². The Bertz CT molecular complexity index is 701. The number of para-hydroxylation sites is 1. The highest BCUT2D eigenvalue weighted by atomic mass is 32.2. The molecule has 0 heterocycles. The Morgan fingerprint density at radius 2 is 1.55 bits per heavy atom. The molecule has 0 fully saturated rings. The molecule has 0 bridgehead atoms. The molecule has 20 heavy (non-hydrogen) atoms. The number of hydrogen-bond donors (Lipinski definition) is 1. The van der Waals surface area contributed by atoms with Crippen LogP contribution in [0.4, 0.5) is 5.69 Å². The van der Waals surface area contributed by atoms with Gasteiger partial charge in [0.05, 0.1) is 10.6 Å². The minimum Gasteiger partial charge on any atom is -0.380 e. The summed E-state index contributed by atoms with van der Waals surface area (Å²) >= 11 is 0. The van der Waals surface area contributed by atoms with Gasteiger partial charge in [-0.1, -0.05) is 30.3 Å². The maximum atomic E-state index is 11.8. The number of hydrogen-bond acceptors (Lipinski definition) is 3. The van der Waals surface area contributed by atoms with Crippen LogP contribution in [0.5, 0.6) is 0 Å². The highest BCUT2D eigenvalue weighted by Crippen LogP contribution is 2.22. The molecule has 0 aromatic heterocycles. The molecule has 4 heteroatoms. The lowest BCUT2D eigenvalue weighted by molar-refractivity contribution is 0.602. The van der Waals surface area contributed by atoms with Crippen molar-refractivity contribution < 1.29 is 8.42 Å². The molecule has 2 aromatic carbocycles. The molecule has 0 aliphatic rings. The van der Waals surface area contributed by atoms with Gasteiger partial charge >= 0.3 is 0 Å². The first-order chi connectivity index (χ1) is 9.39. The van der Waals surface area contributed by atoms with Crippen LogP contribution in [0.2, 0.25) is 0 Å². The molecule has 0 spiro atoms. The molecule has 0 atom stereocenters. The van der Waals surface area contributed by atoms with Gasteiger partial charge in [-0.3, -0.25) is 0 Å². The third-order valence-corrected chi connectivity index (χ3v) is 4.54. The zero-order chi connectivity index (χ0) is 14.8. The number of anilines is 1. The summed E-state index contributed by atoms with van der Waals surface area (Å²) in [6.07, 6.45) is 1.23. The van der Waals surface area contributed by atoms with Gasteiger partial charge in [0.25, 0.3) is 0 Å². The molecule has 0 saturated carbocycles. The van der Waals surface area contributed by atoms with Crippen molar-refractivity contribution in [1.29, 1.82) is 0 Å². The van der Waals surface area contributed by atoms with Gasteiger partial charge in [0, 0.05) is 12.8 Å². The van der Waals surface area contributed by atoms with Gasteiger partial charge in [0.15, 0.2) is 9.84 Å². The molecule has 0 amide bonds. The summed E-state index contributed by atoms with van der Waals surface area (Å²) in [4.78, 5) is 0.339. The molecule has 106 valence electrons. The average molecular weight is 289 g/mol. The smallest absolute Gasteiger partial charge is 0.177 e. The monoisotopic (exact) mass is 289 g/mol. The van der Waals surface area contributed by atoms with E-state index in [0.29, 0.717) is 17.1 Å². The molecule has 0 radical (unpaired) electrons. The summed E-state index contributed by atoms with van der Waals surface area (Å²) in [5, 5.41) is 3.24. The zero-order valence-electron chi connectivity index (χ0n) is 12.0. The van der Waals surface area contributed by atoms with Gasteiger partial charge in [-0.2, -0.15) is 0 Å². The molecule has 0 saturated heterocycles. The lowest BCUT2D eigenvalue weighted by Crippen LogP contribution is -2.07. The van der Waals surface area contributed by atoms with Gasteiger partial charge in [0.1, 0.15) is 0 Å². The van der Waals surface area contributed by atoms with E-state index in [9.17, 15) is 8.42 Å². The lowest BCUT2D eigenvalue weighted by atomic mass is 10.0. The fourth-order valence-electron chi connectivity index (χ4n) is 2.25. The Kier molecular flexibility index (Phi) is 4.14. The molecule has 0 aliphatic carbocycles. The van der Waals surface area contributed by atoms with Crippen molar-refractivity contribution in [3.8, 4) is 0 Å². The second-order valence-electron chi connectivity index (χ2n) is 4.99. The number of rotatable bonds is 4. The van der Waals surface area contributed by atoms with Crippen molar-refractivity contribution in [3.05, 3.63) is 59.2 Å². The minimum atomic E-state index is -3.22. The van der Waals surface area contributed by atoms with Crippen LogP contribution in [-0.2, 0) is 16.4 Å². The minimum absolute atomic E-state index is 0.339. The predicted octanol–water partition coefficient (Wildman–Crippen LogP) is 3.32. The van der Waals surface area contributed by atoms with Crippen LogP contribution < -0.4 is 5.32 Å². The van der Waals surface area contributed by atoms with Crippen molar-refractivity contribution in [2.75, 3.05) is 11.6 Å². The average Bonchev–Trinajstić information content (AvgIpc) is 2.37. The molecular weight excluding hydrogens is 270 g/mol. The maximum Gasteiger partial charge on any atom is 0.177 e. The van der Waals surface area contributed by atoms with E-state index < -0.39 is 9.84 Å². The van der Waals surface area contributed by atoms with Crippen molar-refractivity contribution in [2.45, 2.75) is 25.3 Å². The third kappa shape index (κ3) is 3.20. The van der Waals surface area contributed by atoms with Gasteiger partial charge in [-0.25, -0.2) is 8.42 Å². The summed E-state index contributed by atoms with van der Waals surface area (Å²) in [6, 6.07) is 13.1. The molecule has 3 nitrogen and oxygen atoms in total. The number of aryl methyl sites for hydroxylation is 2. The SMILES string of the molecule is Cc1cccc(C)c1CNc1ccccc1S(C)(=O)=O. The van der Waals surface area contributed by atoms with Crippen molar-refractivity contribution in [3.63, 3.8) is 0 Å². The zero-order valence-corrected chi connectivity index (χ0v) is 12.8. The summed E-state index contributed by atoms with van der Waals surface area (Å²) < 4.78 is 23.5. The fourth-order valence-corrected chi connectivity index (χ4v) is 3.11. The van der Waals surface area contributed by atoms with Gasteiger partial charge in [-0.15, -0.1) is 0 Å². The van der Waals surface area contributed by atoms with Gasteiger partial charge in [0.2, 0.25) is 0 Å². The normalized spacial score (nSPS) is 11.3. The Morgan fingerprint density at radius 3 is 2.15 bits per heavy atom. The van der Waals surface area contributed by atoms with E-state index >= 15 is 0 Å². The van der Waals surface area contributed by atoms with Crippen molar-refractivity contribution >= 4 is 15.5 Å². The Hall–Kier alpha value is -1.81. The van der Waals surface area contributed by atoms with Crippen LogP contribution >= 0.6 is 0 Å². The van der Waals surface area contributed by atoms with E-state index in [-0.39, 0.29) is 0 Å². The Balaban J connectivity index is 2.29. The summed E-state index contributed by atoms with van der Waals surface area (Å²) in [6.45, 7) is 4.74. The van der Waals surface area contributed by atoms with E-state index in [4.69, 9.17) is 0 Å². The van der Waals surface area contributed by atoms with Crippen LogP contribution in [0, 0.1) is 13.8 Å². The first kappa shape index (κ1) is 14.6. The standard InChI is InChI=1S/C16H19NO2S/c1-12-7-6-8-13(2)14(12)11-17-15-9-4-5-10-16(15)20(3,18)19/h4-10,17H,11H2,1-3H3. The largest absolute Gasteiger partial charge is 0.380 e. The van der Waals surface area contributed by atoms with Crippen molar-refractivity contribution in [1.82, 2.24) is 0 Å². The topological polar surface area (TPSA) is 46.2 Å². The first-order valence-electron chi connectivity index (χ1n) is 6.47. The summed E-state index contributed by atoms with van der Waals surface area (Å²) in [7, 11) is -3.22. The summed E-state index contributed by atoms with van der Waals surface area (Å²) in [5.74, 6) is 0. The lowest BCUT2D eigenvalue weighted by Gasteiger charge is -2.14. The Labute approximate surface area is 120 Å². The molecule has 2 aromatic rings. The van der Waals surface area contributed by atoms with Crippen LogP contribution in [0.1, 0.15) is 16.7 Å². The number of nitrogens with one attached hydrogen (secondary N) is 1. The Morgan fingerprint density at radius 1 is 0.950 bits per heavy atom. The second-order valence-corrected chi connectivity index (χ2v) is 6.98. The van der Waals surface area contributed by atoms with Crippen LogP contribution in [0.25, 0.3) is 0 Å². The highest BCUT2D eigenvalue weighted by molar-refractivity contribution is 7.90. The molecule has 0 aliphatic heterocycles. The van der Waals surface area contributed by atoms with E-state index in [0.717, 1.165) is 0 Å². The van der Waals surface area contributed by atoms with Gasteiger partial charge in [-0.05, 0) is 42.7 Å². The first-order valence-corrected chi connectivity index (χ1v) is 8.37. The van der Waals surface area contributed by atoms with Crippen LogP contribution in [0.3, 0.4) is 0 Å².